The summed E-state index contributed by atoms with van der Waals surface area (Å²) in [7, 11) is 0.142. The summed E-state index contributed by atoms with van der Waals surface area (Å²) in [5.74, 6) is 1.94. The van der Waals surface area contributed by atoms with Gasteiger partial charge < -0.3 is 0 Å². The Labute approximate surface area is 107 Å². The predicted octanol–water partition coefficient (Wildman–Crippen LogP) is 4.39. The summed E-state index contributed by atoms with van der Waals surface area (Å²) in [5.41, 5.74) is 2.04. The molecule has 92 valence electrons. The van der Waals surface area contributed by atoms with Crippen molar-refractivity contribution < 1.29 is 0 Å². The second kappa shape index (κ2) is 4.73. The Morgan fingerprint density at radius 2 is 1.29 bits per heavy atom. The minimum Gasteiger partial charge on any atom is -0.0689 e. The molecule has 0 atom stereocenters. The highest BCUT2D eigenvalue weighted by Gasteiger charge is 2.41. The zero-order chi connectivity index (χ0) is 11.8. The molecule has 2 heterocycles. The highest BCUT2D eigenvalue weighted by molar-refractivity contribution is 7.67. The lowest BCUT2D eigenvalue weighted by atomic mass is 9.86. The van der Waals surface area contributed by atoms with Crippen LogP contribution < -0.4 is 5.30 Å². The van der Waals surface area contributed by atoms with E-state index in [1.807, 2.05) is 0 Å². The SMILES string of the molecule is CC1CC2CC(C)CC(C1)P2c1ccccc1. The molecule has 1 aromatic carbocycles. The van der Waals surface area contributed by atoms with Crippen molar-refractivity contribution in [1.82, 2.24) is 0 Å². The fraction of sp³-hybridized carbons (Fsp3) is 0.625. The van der Waals surface area contributed by atoms with Gasteiger partial charge in [0.05, 0.1) is 0 Å². The van der Waals surface area contributed by atoms with Gasteiger partial charge in [-0.15, -0.1) is 0 Å². The van der Waals surface area contributed by atoms with Gasteiger partial charge in [0.2, 0.25) is 0 Å². The second-order valence-corrected chi connectivity index (χ2v) is 9.00. The van der Waals surface area contributed by atoms with Gasteiger partial charge in [0, 0.05) is 0 Å². The molecule has 0 aromatic heterocycles. The molecule has 0 aliphatic carbocycles. The van der Waals surface area contributed by atoms with Gasteiger partial charge in [-0.05, 0) is 54.1 Å². The molecule has 3 rings (SSSR count). The van der Waals surface area contributed by atoms with Crippen LogP contribution in [0.3, 0.4) is 0 Å². The van der Waals surface area contributed by atoms with Crippen LogP contribution in [0.1, 0.15) is 39.5 Å². The Morgan fingerprint density at radius 3 is 1.76 bits per heavy atom. The molecule has 1 heteroatoms. The van der Waals surface area contributed by atoms with Crippen LogP contribution in [0, 0.1) is 11.8 Å². The Hall–Kier alpha value is -0.350. The molecule has 0 saturated carbocycles. The maximum atomic E-state index is 2.47. The zero-order valence-electron chi connectivity index (χ0n) is 11.0. The number of fused-ring (bicyclic) bond motifs is 2. The molecule has 1 aromatic rings. The first kappa shape index (κ1) is 11.7. The first-order chi connectivity index (χ1) is 8.24. The zero-order valence-corrected chi connectivity index (χ0v) is 11.9. The summed E-state index contributed by atoms with van der Waals surface area (Å²) >= 11 is 0. The van der Waals surface area contributed by atoms with Crippen molar-refractivity contribution in [1.29, 1.82) is 0 Å². The third-order valence-electron chi connectivity index (χ3n) is 4.54. The smallest absolute Gasteiger partial charge is 0.0161 e. The quantitative estimate of drug-likeness (QED) is 0.645. The molecule has 2 saturated heterocycles. The third-order valence-corrected chi connectivity index (χ3v) is 7.85. The fourth-order valence-electron chi connectivity index (χ4n) is 4.02. The van der Waals surface area contributed by atoms with Crippen molar-refractivity contribution in [3.8, 4) is 0 Å². The van der Waals surface area contributed by atoms with E-state index < -0.39 is 0 Å². The van der Waals surface area contributed by atoms with E-state index in [2.05, 4.69) is 44.2 Å². The largest absolute Gasteiger partial charge is 0.0689 e. The van der Waals surface area contributed by atoms with Gasteiger partial charge in [0.25, 0.3) is 0 Å². The molecule has 2 aliphatic heterocycles. The molecule has 17 heavy (non-hydrogen) atoms. The fourth-order valence-corrected chi connectivity index (χ4v) is 8.32. The van der Waals surface area contributed by atoms with Gasteiger partial charge in [0.15, 0.2) is 0 Å². The number of hydrogen-bond acceptors (Lipinski definition) is 0. The van der Waals surface area contributed by atoms with Gasteiger partial charge >= 0.3 is 0 Å². The Balaban J connectivity index is 1.90. The highest BCUT2D eigenvalue weighted by Crippen LogP contribution is 2.60. The monoisotopic (exact) mass is 246 g/mol. The van der Waals surface area contributed by atoms with E-state index >= 15 is 0 Å². The van der Waals surface area contributed by atoms with Crippen LogP contribution in [0.4, 0.5) is 0 Å². The minimum atomic E-state index is 0.142. The van der Waals surface area contributed by atoms with E-state index in [1.54, 1.807) is 5.30 Å². The third kappa shape index (κ3) is 2.29. The number of rotatable bonds is 1. The average Bonchev–Trinajstić information content (AvgIpc) is 2.28. The van der Waals surface area contributed by atoms with Crippen LogP contribution in [0.15, 0.2) is 30.3 Å². The normalized spacial score (nSPS) is 41.2. The van der Waals surface area contributed by atoms with E-state index in [0.29, 0.717) is 0 Å². The van der Waals surface area contributed by atoms with Crippen molar-refractivity contribution in [2.24, 2.45) is 11.8 Å². The lowest BCUT2D eigenvalue weighted by Crippen LogP contribution is -2.37. The van der Waals surface area contributed by atoms with Crippen LogP contribution in [0.25, 0.3) is 0 Å². The summed E-state index contributed by atoms with van der Waals surface area (Å²) in [6.45, 7) is 4.93. The van der Waals surface area contributed by atoms with Crippen LogP contribution in [-0.2, 0) is 0 Å². The molecule has 0 amide bonds. The van der Waals surface area contributed by atoms with E-state index in [1.165, 1.54) is 25.7 Å². The summed E-state index contributed by atoms with van der Waals surface area (Å²) < 4.78 is 0. The molecule has 2 bridgehead atoms. The van der Waals surface area contributed by atoms with Crippen molar-refractivity contribution in [3.63, 3.8) is 0 Å². The topological polar surface area (TPSA) is 0 Å². The molecule has 0 N–H and O–H groups in total. The first-order valence-corrected chi connectivity index (χ1v) is 8.55. The lowest BCUT2D eigenvalue weighted by Gasteiger charge is -2.48. The standard InChI is InChI=1S/C16H23P/c1-12-8-15-10-13(2)11-16(9-12)17(15)14-6-4-3-5-7-14/h3-7,12-13,15-16H,8-11H2,1-2H3. The predicted molar refractivity (Wildman–Crippen MR) is 77.4 cm³/mol. The van der Waals surface area contributed by atoms with Crippen molar-refractivity contribution in [3.05, 3.63) is 30.3 Å². The second-order valence-electron chi connectivity index (χ2n) is 6.20. The molecule has 2 aliphatic rings. The van der Waals surface area contributed by atoms with Gasteiger partial charge in [-0.2, -0.15) is 0 Å². The van der Waals surface area contributed by atoms with Crippen molar-refractivity contribution in [2.75, 3.05) is 0 Å². The maximum Gasteiger partial charge on any atom is -0.0161 e. The molecular formula is C16H23P. The van der Waals surface area contributed by atoms with E-state index in [9.17, 15) is 0 Å². The molecule has 0 unspecified atom stereocenters. The summed E-state index contributed by atoms with van der Waals surface area (Å²) in [6, 6.07) is 11.4. The van der Waals surface area contributed by atoms with E-state index in [0.717, 1.165) is 23.2 Å². The summed E-state index contributed by atoms with van der Waals surface area (Å²) in [6.07, 6.45) is 5.95. The van der Waals surface area contributed by atoms with Gasteiger partial charge in [-0.25, -0.2) is 0 Å². The number of benzene rings is 1. The van der Waals surface area contributed by atoms with Crippen LogP contribution in [0.2, 0.25) is 0 Å². The average molecular weight is 246 g/mol. The van der Waals surface area contributed by atoms with Crippen molar-refractivity contribution >= 4 is 13.2 Å². The van der Waals surface area contributed by atoms with E-state index in [4.69, 9.17) is 0 Å². The van der Waals surface area contributed by atoms with Crippen molar-refractivity contribution in [2.45, 2.75) is 50.8 Å². The maximum absolute atomic E-state index is 2.47. The molecule has 2 fully saturated rings. The summed E-state index contributed by atoms with van der Waals surface area (Å²) in [5, 5.41) is 1.68. The summed E-state index contributed by atoms with van der Waals surface area (Å²) in [4.78, 5) is 0. The number of hydrogen-bond donors (Lipinski definition) is 0. The van der Waals surface area contributed by atoms with Crippen LogP contribution in [-0.4, -0.2) is 11.3 Å². The Morgan fingerprint density at radius 1 is 0.824 bits per heavy atom. The van der Waals surface area contributed by atoms with Crippen LogP contribution in [0.5, 0.6) is 0 Å². The minimum absolute atomic E-state index is 0.142. The molecular weight excluding hydrogens is 223 g/mol. The molecule has 0 radical (unpaired) electrons. The Bertz CT molecular complexity index is 342. The molecule has 0 nitrogen and oxygen atoms in total. The first-order valence-electron chi connectivity index (χ1n) is 7.07. The van der Waals surface area contributed by atoms with Gasteiger partial charge in [-0.1, -0.05) is 52.1 Å². The van der Waals surface area contributed by atoms with E-state index in [-0.39, 0.29) is 7.92 Å². The Kier molecular flexibility index (Phi) is 3.26. The van der Waals surface area contributed by atoms with Crippen LogP contribution >= 0.6 is 7.92 Å². The van der Waals surface area contributed by atoms with Gasteiger partial charge in [0.1, 0.15) is 0 Å². The highest BCUT2D eigenvalue weighted by atomic mass is 31.1. The lowest BCUT2D eigenvalue weighted by molar-refractivity contribution is 0.329. The van der Waals surface area contributed by atoms with Gasteiger partial charge in [-0.3, -0.25) is 0 Å². The molecule has 0 spiro atoms.